The van der Waals surface area contributed by atoms with Crippen LogP contribution in [0.15, 0.2) is 24.3 Å². The molecule has 0 aromatic heterocycles. The van der Waals surface area contributed by atoms with Gasteiger partial charge in [0.1, 0.15) is 0 Å². The van der Waals surface area contributed by atoms with Crippen LogP contribution in [0.4, 0.5) is 16.2 Å². The number of hydrogen-bond acceptors (Lipinski definition) is 3. The molecule has 2 atom stereocenters. The molecule has 1 saturated heterocycles. The number of urea groups is 1. The zero-order chi connectivity index (χ0) is 13.8. The van der Waals surface area contributed by atoms with Gasteiger partial charge in [0, 0.05) is 24.0 Å². The first kappa shape index (κ1) is 13.7. The van der Waals surface area contributed by atoms with E-state index in [1.54, 1.807) is 24.3 Å². The molecule has 19 heavy (non-hydrogen) atoms. The van der Waals surface area contributed by atoms with Gasteiger partial charge in [-0.05, 0) is 50.2 Å². The third-order valence-corrected chi connectivity index (χ3v) is 3.59. The fourth-order valence-corrected chi connectivity index (χ4v) is 2.47. The Morgan fingerprint density at radius 1 is 1.37 bits per heavy atom. The van der Waals surface area contributed by atoms with Crippen LogP contribution in [0, 0.1) is 5.92 Å². The highest BCUT2D eigenvalue weighted by Gasteiger charge is 2.25. The zero-order valence-corrected chi connectivity index (χ0v) is 11.5. The van der Waals surface area contributed by atoms with Gasteiger partial charge in [-0.2, -0.15) is 0 Å². The minimum absolute atomic E-state index is 0.147. The zero-order valence-electron chi connectivity index (χ0n) is 11.5. The SMILES string of the molecule is CC1CN(C)CCC1NC(=O)Nc1ccc(N)cc1. The van der Waals surface area contributed by atoms with Gasteiger partial charge in [-0.3, -0.25) is 0 Å². The maximum Gasteiger partial charge on any atom is 0.319 e. The number of likely N-dealkylation sites (tertiary alicyclic amines) is 1. The number of nitrogens with one attached hydrogen (secondary N) is 2. The summed E-state index contributed by atoms with van der Waals surface area (Å²) in [4.78, 5) is 14.2. The normalized spacial score (nSPS) is 23.9. The summed E-state index contributed by atoms with van der Waals surface area (Å²) in [6, 6.07) is 7.23. The van der Waals surface area contributed by atoms with Crippen LogP contribution in [0.25, 0.3) is 0 Å². The standard InChI is InChI=1S/C14H22N4O/c1-10-9-18(2)8-7-13(10)17-14(19)16-12-5-3-11(15)4-6-12/h3-6,10,13H,7-9,15H2,1-2H3,(H2,16,17,19). The Kier molecular flexibility index (Phi) is 4.27. The predicted molar refractivity (Wildman–Crippen MR) is 78.1 cm³/mol. The van der Waals surface area contributed by atoms with Crippen molar-refractivity contribution >= 4 is 17.4 Å². The van der Waals surface area contributed by atoms with Crippen LogP contribution in [0.5, 0.6) is 0 Å². The molecular formula is C14H22N4O. The Hall–Kier alpha value is -1.75. The van der Waals surface area contributed by atoms with Crippen molar-refractivity contribution in [1.29, 1.82) is 0 Å². The second kappa shape index (κ2) is 5.93. The molecule has 1 fully saturated rings. The maximum atomic E-state index is 11.9. The van der Waals surface area contributed by atoms with Crippen molar-refractivity contribution < 1.29 is 4.79 Å². The van der Waals surface area contributed by atoms with E-state index in [-0.39, 0.29) is 12.1 Å². The number of rotatable bonds is 2. The van der Waals surface area contributed by atoms with Crippen LogP contribution < -0.4 is 16.4 Å². The number of carbonyl (C=O) groups is 1. The van der Waals surface area contributed by atoms with Crippen LogP contribution >= 0.6 is 0 Å². The molecular weight excluding hydrogens is 240 g/mol. The molecule has 0 aliphatic carbocycles. The molecule has 2 amide bonds. The van der Waals surface area contributed by atoms with Crippen LogP contribution in [-0.4, -0.2) is 37.1 Å². The van der Waals surface area contributed by atoms with E-state index >= 15 is 0 Å². The van der Waals surface area contributed by atoms with Crippen molar-refractivity contribution in [2.45, 2.75) is 19.4 Å². The van der Waals surface area contributed by atoms with E-state index in [0.717, 1.165) is 25.2 Å². The number of nitrogens with two attached hydrogens (primary N) is 1. The first-order valence-electron chi connectivity index (χ1n) is 6.66. The molecule has 0 spiro atoms. The van der Waals surface area contributed by atoms with Crippen molar-refractivity contribution in [2.24, 2.45) is 5.92 Å². The molecule has 1 aromatic carbocycles. The number of nitrogens with zero attached hydrogens (tertiary/aromatic N) is 1. The highest BCUT2D eigenvalue weighted by molar-refractivity contribution is 5.89. The molecule has 5 heteroatoms. The Morgan fingerprint density at radius 3 is 2.68 bits per heavy atom. The van der Waals surface area contributed by atoms with E-state index < -0.39 is 0 Å². The third kappa shape index (κ3) is 3.86. The van der Waals surface area contributed by atoms with Gasteiger partial charge in [0.25, 0.3) is 0 Å². The fraction of sp³-hybridized carbons (Fsp3) is 0.500. The molecule has 104 valence electrons. The van der Waals surface area contributed by atoms with E-state index in [9.17, 15) is 4.79 Å². The maximum absolute atomic E-state index is 11.9. The van der Waals surface area contributed by atoms with Crippen LogP contribution in [-0.2, 0) is 0 Å². The van der Waals surface area contributed by atoms with Crippen LogP contribution in [0.3, 0.4) is 0 Å². The Bertz CT molecular complexity index is 432. The molecule has 1 heterocycles. The van der Waals surface area contributed by atoms with Crippen molar-refractivity contribution in [3.05, 3.63) is 24.3 Å². The largest absolute Gasteiger partial charge is 0.399 e. The summed E-state index contributed by atoms with van der Waals surface area (Å²) in [5, 5.41) is 5.87. The molecule has 4 N–H and O–H groups in total. The van der Waals surface area contributed by atoms with Gasteiger partial charge < -0.3 is 21.3 Å². The van der Waals surface area contributed by atoms with E-state index in [0.29, 0.717) is 11.6 Å². The molecule has 1 aromatic rings. The highest BCUT2D eigenvalue weighted by Crippen LogP contribution is 2.16. The molecule has 0 radical (unpaired) electrons. The Labute approximate surface area is 114 Å². The first-order valence-corrected chi connectivity index (χ1v) is 6.66. The minimum atomic E-state index is -0.147. The number of piperidine rings is 1. The van der Waals surface area contributed by atoms with Crippen LogP contribution in [0.2, 0.25) is 0 Å². The summed E-state index contributed by atoms with van der Waals surface area (Å²) in [7, 11) is 2.11. The van der Waals surface area contributed by atoms with Gasteiger partial charge in [0.15, 0.2) is 0 Å². The number of hydrogen-bond donors (Lipinski definition) is 3. The Balaban J connectivity index is 1.85. The molecule has 2 unspecified atom stereocenters. The van der Waals surface area contributed by atoms with Gasteiger partial charge in [0.05, 0.1) is 0 Å². The van der Waals surface area contributed by atoms with Gasteiger partial charge in [-0.15, -0.1) is 0 Å². The Morgan fingerprint density at radius 2 is 2.05 bits per heavy atom. The average molecular weight is 262 g/mol. The number of carbonyl (C=O) groups excluding carboxylic acids is 1. The summed E-state index contributed by atoms with van der Waals surface area (Å²) >= 11 is 0. The number of amides is 2. The summed E-state index contributed by atoms with van der Waals surface area (Å²) < 4.78 is 0. The van der Waals surface area contributed by atoms with Gasteiger partial charge >= 0.3 is 6.03 Å². The lowest BCUT2D eigenvalue weighted by Gasteiger charge is -2.35. The van der Waals surface area contributed by atoms with Crippen molar-refractivity contribution in [3.63, 3.8) is 0 Å². The highest BCUT2D eigenvalue weighted by atomic mass is 16.2. The van der Waals surface area contributed by atoms with E-state index in [4.69, 9.17) is 5.73 Å². The van der Waals surface area contributed by atoms with Crippen molar-refractivity contribution in [1.82, 2.24) is 10.2 Å². The summed E-state index contributed by atoms with van der Waals surface area (Å²) in [6.45, 7) is 4.22. The number of nitrogen functional groups attached to an aromatic ring is 1. The van der Waals surface area contributed by atoms with E-state index in [1.807, 2.05) is 0 Å². The fourth-order valence-electron chi connectivity index (χ4n) is 2.47. The molecule has 0 bridgehead atoms. The molecule has 5 nitrogen and oxygen atoms in total. The van der Waals surface area contributed by atoms with Gasteiger partial charge in [-0.1, -0.05) is 6.92 Å². The lowest BCUT2D eigenvalue weighted by atomic mass is 9.94. The monoisotopic (exact) mass is 262 g/mol. The lowest BCUT2D eigenvalue weighted by molar-refractivity contribution is 0.176. The topological polar surface area (TPSA) is 70.4 Å². The van der Waals surface area contributed by atoms with Gasteiger partial charge in [0.2, 0.25) is 0 Å². The second-order valence-electron chi connectivity index (χ2n) is 5.36. The smallest absolute Gasteiger partial charge is 0.319 e. The third-order valence-electron chi connectivity index (χ3n) is 3.59. The number of benzene rings is 1. The first-order chi connectivity index (χ1) is 9.04. The summed E-state index contributed by atoms with van der Waals surface area (Å²) in [5.74, 6) is 0.468. The minimum Gasteiger partial charge on any atom is -0.399 e. The number of anilines is 2. The summed E-state index contributed by atoms with van der Waals surface area (Å²) in [5.41, 5.74) is 7.05. The molecule has 1 aliphatic heterocycles. The summed E-state index contributed by atoms with van der Waals surface area (Å²) in [6.07, 6.45) is 0.993. The van der Waals surface area contributed by atoms with Crippen LogP contribution in [0.1, 0.15) is 13.3 Å². The van der Waals surface area contributed by atoms with E-state index in [2.05, 4.69) is 29.5 Å². The van der Waals surface area contributed by atoms with Crippen molar-refractivity contribution in [3.8, 4) is 0 Å². The second-order valence-corrected chi connectivity index (χ2v) is 5.36. The molecule has 1 aliphatic rings. The quantitative estimate of drug-likeness (QED) is 0.711. The lowest BCUT2D eigenvalue weighted by Crippen LogP contribution is -2.49. The van der Waals surface area contributed by atoms with E-state index in [1.165, 1.54) is 0 Å². The predicted octanol–water partition coefficient (Wildman–Crippen LogP) is 1.73. The van der Waals surface area contributed by atoms with Gasteiger partial charge in [-0.25, -0.2) is 4.79 Å². The van der Waals surface area contributed by atoms with Crippen molar-refractivity contribution in [2.75, 3.05) is 31.2 Å². The average Bonchev–Trinajstić information content (AvgIpc) is 2.36. The molecule has 0 saturated carbocycles. The molecule has 2 rings (SSSR count).